The van der Waals surface area contributed by atoms with Gasteiger partial charge in [0.1, 0.15) is 0 Å². The van der Waals surface area contributed by atoms with Crippen LogP contribution in [0.4, 0.5) is 18.9 Å². The van der Waals surface area contributed by atoms with Crippen molar-refractivity contribution in [1.82, 2.24) is 4.90 Å². The summed E-state index contributed by atoms with van der Waals surface area (Å²) in [6, 6.07) is 3.15. The Bertz CT molecular complexity index is 527. The van der Waals surface area contributed by atoms with Gasteiger partial charge in [0.05, 0.1) is 12.2 Å². The van der Waals surface area contributed by atoms with Crippen LogP contribution in [0.5, 0.6) is 0 Å². The van der Waals surface area contributed by atoms with Crippen LogP contribution in [0, 0.1) is 0 Å². The number of carbonyl (C=O) groups excluding carboxylic acids is 1. The fourth-order valence-electron chi connectivity index (χ4n) is 2.36. The third kappa shape index (κ3) is 3.29. The SMILES string of the molecule is Nc1ccc(C(=O)N(CCO)C2CCC2)cc1C(F)(F)F. The van der Waals surface area contributed by atoms with E-state index in [0.717, 1.165) is 31.4 Å². The minimum Gasteiger partial charge on any atom is -0.398 e. The highest BCUT2D eigenvalue weighted by Crippen LogP contribution is 2.34. The van der Waals surface area contributed by atoms with Gasteiger partial charge in [-0.15, -0.1) is 0 Å². The Morgan fingerprint density at radius 1 is 1.38 bits per heavy atom. The number of carbonyl (C=O) groups is 1. The van der Waals surface area contributed by atoms with Crippen molar-refractivity contribution in [3.8, 4) is 0 Å². The molecule has 0 aromatic heterocycles. The van der Waals surface area contributed by atoms with Crippen molar-refractivity contribution in [3.63, 3.8) is 0 Å². The van der Waals surface area contributed by atoms with Crippen LogP contribution in [0.25, 0.3) is 0 Å². The zero-order chi connectivity index (χ0) is 15.6. The number of rotatable bonds is 4. The lowest BCUT2D eigenvalue weighted by Crippen LogP contribution is -2.45. The molecule has 0 saturated heterocycles. The first-order chi connectivity index (χ1) is 9.84. The standard InChI is InChI=1S/C14H17F3N2O2/c15-14(16,17)11-8-9(4-5-12(11)18)13(21)19(6-7-20)10-2-1-3-10/h4-5,8,10,20H,1-3,6-7,18H2. The van der Waals surface area contributed by atoms with Crippen LogP contribution in [-0.2, 0) is 6.18 Å². The summed E-state index contributed by atoms with van der Waals surface area (Å²) in [5.41, 5.74) is 3.85. The number of benzene rings is 1. The molecule has 4 nitrogen and oxygen atoms in total. The van der Waals surface area contributed by atoms with Crippen LogP contribution in [0.3, 0.4) is 0 Å². The maximum atomic E-state index is 12.8. The van der Waals surface area contributed by atoms with Gasteiger partial charge < -0.3 is 15.7 Å². The predicted molar refractivity (Wildman–Crippen MR) is 71.6 cm³/mol. The molecule has 1 fully saturated rings. The van der Waals surface area contributed by atoms with E-state index >= 15 is 0 Å². The Morgan fingerprint density at radius 2 is 2.05 bits per heavy atom. The maximum absolute atomic E-state index is 12.8. The van der Waals surface area contributed by atoms with Gasteiger partial charge in [0.25, 0.3) is 5.91 Å². The van der Waals surface area contributed by atoms with Crippen molar-refractivity contribution in [3.05, 3.63) is 29.3 Å². The third-order valence-electron chi connectivity index (χ3n) is 3.72. The molecule has 7 heteroatoms. The molecule has 3 N–H and O–H groups in total. The molecule has 1 aliphatic carbocycles. The largest absolute Gasteiger partial charge is 0.418 e. The second-order valence-electron chi connectivity index (χ2n) is 5.11. The molecule has 0 spiro atoms. The fourth-order valence-corrected chi connectivity index (χ4v) is 2.36. The molecule has 0 radical (unpaired) electrons. The van der Waals surface area contributed by atoms with Crippen molar-refractivity contribution in [2.24, 2.45) is 0 Å². The normalized spacial score (nSPS) is 15.6. The van der Waals surface area contributed by atoms with Crippen LogP contribution >= 0.6 is 0 Å². The smallest absolute Gasteiger partial charge is 0.398 e. The Morgan fingerprint density at radius 3 is 2.52 bits per heavy atom. The molecule has 0 heterocycles. The number of nitrogens with zero attached hydrogens (tertiary/aromatic N) is 1. The number of halogens is 3. The average molecular weight is 302 g/mol. The topological polar surface area (TPSA) is 66.6 Å². The summed E-state index contributed by atoms with van der Waals surface area (Å²) in [7, 11) is 0. The second-order valence-corrected chi connectivity index (χ2v) is 5.11. The number of alkyl halides is 3. The van der Waals surface area contributed by atoms with E-state index in [1.807, 2.05) is 0 Å². The summed E-state index contributed by atoms with van der Waals surface area (Å²) in [5.74, 6) is -0.501. The first kappa shape index (κ1) is 15.6. The minimum atomic E-state index is -4.60. The fraction of sp³-hybridized carbons (Fsp3) is 0.500. The molecule has 116 valence electrons. The first-order valence-corrected chi connectivity index (χ1v) is 6.73. The van der Waals surface area contributed by atoms with Gasteiger partial charge >= 0.3 is 6.18 Å². The van der Waals surface area contributed by atoms with E-state index in [9.17, 15) is 18.0 Å². The van der Waals surface area contributed by atoms with Crippen molar-refractivity contribution in [2.75, 3.05) is 18.9 Å². The van der Waals surface area contributed by atoms with Crippen LogP contribution in [-0.4, -0.2) is 35.1 Å². The first-order valence-electron chi connectivity index (χ1n) is 6.73. The average Bonchev–Trinajstić information content (AvgIpc) is 2.34. The maximum Gasteiger partial charge on any atom is 0.418 e. The Labute approximate surface area is 120 Å². The Kier molecular flexibility index (Phi) is 4.41. The van der Waals surface area contributed by atoms with E-state index in [2.05, 4.69) is 0 Å². The number of hydrogen-bond acceptors (Lipinski definition) is 3. The predicted octanol–water partition coefficient (Wildman–Crippen LogP) is 2.27. The Balaban J connectivity index is 2.29. The van der Waals surface area contributed by atoms with Crippen molar-refractivity contribution < 1.29 is 23.1 Å². The highest BCUT2D eigenvalue weighted by Gasteiger charge is 2.35. The number of nitrogens with two attached hydrogens (primary N) is 1. The minimum absolute atomic E-state index is 0.00320. The summed E-state index contributed by atoms with van der Waals surface area (Å²) < 4.78 is 38.5. The van der Waals surface area contributed by atoms with Gasteiger partial charge in [-0.25, -0.2) is 0 Å². The molecule has 0 atom stereocenters. The Hall–Kier alpha value is -1.76. The molecule has 1 saturated carbocycles. The van der Waals surface area contributed by atoms with Crippen LogP contribution < -0.4 is 5.73 Å². The summed E-state index contributed by atoms with van der Waals surface area (Å²) in [6.45, 7) is -0.0986. The molecule has 1 amide bonds. The highest BCUT2D eigenvalue weighted by molar-refractivity contribution is 5.95. The molecule has 1 aromatic rings. The molecule has 1 aliphatic rings. The highest BCUT2D eigenvalue weighted by atomic mass is 19.4. The number of hydrogen-bond donors (Lipinski definition) is 2. The number of aliphatic hydroxyl groups excluding tert-OH is 1. The monoisotopic (exact) mass is 302 g/mol. The lowest BCUT2D eigenvalue weighted by atomic mass is 9.91. The molecular weight excluding hydrogens is 285 g/mol. The molecule has 0 aliphatic heterocycles. The van der Waals surface area contributed by atoms with Crippen molar-refractivity contribution in [2.45, 2.75) is 31.5 Å². The zero-order valence-electron chi connectivity index (χ0n) is 11.4. The van der Waals surface area contributed by atoms with E-state index < -0.39 is 23.3 Å². The quantitative estimate of drug-likeness (QED) is 0.839. The van der Waals surface area contributed by atoms with E-state index in [4.69, 9.17) is 10.8 Å². The van der Waals surface area contributed by atoms with Gasteiger partial charge in [0.15, 0.2) is 0 Å². The molecular formula is C14H17F3N2O2. The van der Waals surface area contributed by atoms with Gasteiger partial charge in [-0.1, -0.05) is 0 Å². The summed E-state index contributed by atoms with van der Waals surface area (Å²) in [4.78, 5) is 13.8. The molecule has 0 unspecified atom stereocenters. The molecule has 21 heavy (non-hydrogen) atoms. The van der Waals surface area contributed by atoms with Crippen LogP contribution in [0.15, 0.2) is 18.2 Å². The van der Waals surface area contributed by atoms with Gasteiger partial charge in [-0.05, 0) is 37.5 Å². The van der Waals surface area contributed by atoms with Crippen molar-refractivity contribution in [1.29, 1.82) is 0 Å². The third-order valence-corrected chi connectivity index (χ3v) is 3.72. The van der Waals surface area contributed by atoms with Crippen LogP contribution in [0.1, 0.15) is 35.2 Å². The van der Waals surface area contributed by atoms with E-state index in [1.54, 1.807) is 0 Å². The van der Waals surface area contributed by atoms with Crippen molar-refractivity contribution >= 4 is 11.6 Å². The van der Waals surface area contributed by atoms with E-state index in [0.29, 0.717) is 0 Å². The number of aliphatic hydroxyl groups is 1. The number of anilines is 1. The second kappa shape index (κ2) is 5.93. The molecule has 2 rings (SSSR count). The van der Waals surface area contributed by atoms with Gasteiger partial charge in [-0.2, -0.15) is 13.2 Å². The number of amides is 1. The lowest BCUT2D eigenvalue weighted by Gasteiger charge is -2.37. The van der Waals surface area contributed by atoms with Gasteiger partial charge in [0.2, 0.25) is 0 Å². The summed E-state index contributed by atoms with van der Waals surface area (Å²) in [6.07, 6.45) is -1.99. The molecule has 0 bridgehead atoms. The van der Waals surface area contributed by atoms with Crippen LogP contribution in [0.2, 0.25) is 0 Å². The van der Waals surface area contributed by atoms with Gasteiger partial charge in [-0.3, -0.25) is 4.79 Å². The van der Waals surface area contributed by atoms with E-state index in [1.165, 1.54) is 11.0 Å². The summed E-state index contributed by atoms with van der Waals surface area (Å²) >= 11 is 0. The van der Waals surface area contributed by atoms with Gasteiger partial charge in [0, 0.05) is 23.8 Å². The zero-order valence-corrected chi connectivity index (χ0v) is 11.4. The number of nitrogen functional groups attached to an aromatic ring is 1. The molecule has 1 aromatic carbocycles. The van der Waals surface area contributed by atoms with E-state index in [-0.39, 0.29) is 24.8 Å². The lowest BCUT2D eigenvalue weighted by molar-refractivity contribution is -0.136. The summed E-state index contributed by atoms with van der Waals surface area (Å²) in [5, 5.41) is 9.04.